The molecule has 0 aliphatic carbocycles. The number of aromatic nitrogens is 2. The zero-order chi connectivity index (χ0) is 24.9. The van der Waals surface area contributed by atoms with Gasteiger partial charge >= 0.3 is 16.3 Å². The maximum absolute atomic E-state index is 12.8. The summed E-state index contributed by atoms with van der Waals surface area (Å²) in [5.41, 5.74) is 0.0586. The van der Waals surface area contributed by atoms with Crippen LogP contribution in [0.4, 0.5) is 4.79 Å². The number of ether oxygens (including phenoxy) is 1. The van der Waals surface area contributed by atoms with Crippen LogP contribution in [0.2, 0.25) is 0 Å². The Balaban J connectivity index is 2.56. The van der Waals surface area contributed by atoms with Gasteiger partial charge in [0.05, 0.1) is 6.54 Å². The van der Waals surface area contributed by atoms with Crippen molar-refractivity contribution in [2.24, 2.45) is 0 Å². The number of carbonyl (C=O) groups is 1. The molecule has 9 heteroatoms. The Morgan fingerprint density at radius 1 is 1.03 bits per heavy atom. The molecule has 1 heterocycles. The summed E-state index contributed by atoms with van der Waals surface area (Å²) in [4.78, 5) is 11.9. The summed E-state index contributed by atoms with van der Waals surface area (Å²) in [6.45, 7) is 8.72. The molecular weight excluding hydrogens is 440 g/mol. The van der Waals surface area contributed by atoms with Crippen molar-refractivity contribution in [3.8, 4) is 0 Å². The molecule has 0 saturated heterocycles. The Hall–Kier alpha value is -1.61. The number of alkyl carbamates (subject to hydrolysis) is 1. The van der Waals surface area contributed by atoms with E-state index in [1.54, 1.807) is 27.1 Å². The fourth-order valence-electron chi connectivity index (χ4n) is 3.56. The van der Waals surface area contributed by atoms with Crippen LogP contribution >= 0.6 is 0 Å². The van der Waals surface area contributed by atoms with Gasteiger partial charge < -0.3 is 10.1 Å². The second-order valence-corrected chi connectivity index (χ2v) is 11.9. The molecule has 8 nitrogen and oxygen atoms in total. The van der Waals surface area contributed by atoms with Gasteiger partial charge in [0.2, 0.25) is 0 Å². The van der Waals surface area contributed by atoms with Gasteiger partial charge in [0.25, 0.3) is 6.33 Å². The molecule has 0 spiro atoms. The van der Waals surface area contributed by atoms with E-state index >= 15 is 0 Å². The van der Waals surface area contributed by atoms with Crippen molar-refractivity contribution < 1.29 is 22.5 Å². The number of imidazole rings is 1. The second-order valence-electron chi connectivity index (χ2n) is 9.92. The maximum Gasteiger partial charge on any atom is 0.407 e. The van der Waals surface area contributed by atoms with E-state index < -0.39 is 21.9 Å². The monoisotopic (exact) mass is 487 g/mol. The van der Waals surface area contributed by atoms with Gasteiger partial charge in [-0.1, -0.05) is 58.3 Å². The number of amides is 1. The molecule has 1 aromatic heterocycles. The normalized spacial score (nSPS) is 12.3. The van der Waals surface area contributed by atoms with Crippen LogP contribution in [-0.4, -0.2) is 49.0 Å². The quantitative estimate of drug-likeness (QED) is 0.276. The standard InChI is InChI=1S/C24H46N4O4S/c1-7-8-9-10-11-12-13-14-15-16-19-27-20-22(28(21-27)33(30,31)26(5)6)17-18-25-23(29)32-24(2,3)4/h20-21H,7-19H2,1-6H3/p+1. The van der Waals surface area contributed by atoms with Gasteiger partial charge in [-0.15, -0.1) is 3.97 Å². The molecule has 0 bridgehead atoms. The van der Waals surface area contributed by atoms with Gasteiger partial charge in [0.15, 0.2) is 5.69 Å². The van der Waals surface area contributed by atoms with Crippen LogP contribution in [0.1, 0.15) is 97.6 Å². The number of carbonyl (C=O) groups excluding carboxylic acids is 1. The van der Waals surface area contributed by atoms with Crippen molar-refractivity contribution in [1.82, 2.24) is 13.6 Å². The Kier molecular flexibility index (Phi) is 13.0. The molecule has 1 amide bonds. The highest BCUT2D eigenvalue weighted by Gasteiger charge is 2.28. The van der Waals surface area contributed by atoms with Crippen molar-refractivity contribution in [3.63, 3.8) is 0 Å². The highest BCUT2D eigenvalue weighted by atomic mass is 32.2. The van der Waals surface area contributed by atoms with Crippen LogP contribution in [0.3, 0.4) is 0 Å². The van der Waals surface area contributed by atoms with E-state index in [2.05, 4.69) is 12.2 Å². The lowest BCUT2D eigenvalue weighted by molar-refractivity contribution is -0.696. The Bertz CT molecular complexity index is 798. The van der Waals surface area contributed by atoms with Crippen molar-refractivity contribution in [2.75, 3.05) is 20.6 Å². The molecule has 1 N–H and O–H groups in total. The first-order valence-corrected chi connectivity index (χ1v) is 13.9. The summed E-state index contributed by atoms with van der Waals surface area (Å²) in [7, 11) is -0.596. The number of rotatable bonds is 16. The second kappa shape index (κ2) is 14.6. The van der Waals surface area contributed by atoms with E-state index in [4.69, 9.17) is 4.74 Å². The molecule has 0 aliphatic rings. The summed E-state index contributed by atoms with van der Waals surface area (Å²) in [5, 5.41) is 2.70. The van der Waals surface area contributed by atoms with Crippen molar-refractivity contribution in [1.29, 1.82) is 0 Å². The molecular formula is C24H47N4O4S+. The minimum atomic E-state index is -3.63. The number of hydrogen-bond donors (Lipinski definition) is 1. The number of nitrogens with one attached hydrogen (secondary N) is 1. The zero-order valence-electron chi connectivity index (χ0n) is 21.7. The number of hydrogen-bond acceptors (Lipinski definition) is 4. The van der Waals surface area contributed by atoms with E-state index in [0.29, 0.717) is 18.7 Å². The van der Waals surface area contributed by atoms with Gasteiger partial charge in [0.1, 0.15) is 11.8 Å². The maximum atomic E-state index is 12.8. The molecule has 0 radical (unpaired) electrons. The molecule has 33 heavy (non-hydrogen) atoms. The zero-order valence-corrected chi connectivity index (χ0v) is 22.5. The summed E-state index contributed by atoms with van der Waals surface area (Å²) in [6.07, 6.45) is 16.0. The predicted molar refractivity (Wildman–Crippen MR) is 132 cm³/mol. The predicted octanol–water partition coefficient (Wildman–Crippen LogP) is 4.42. The molecule has 1 rings (SSSR count). The number of unbranched alkanes of at least 4 members (excludes halogenated alkanes) is 9. The smallest absolute Gasteiger partial charge is 0.407 e. The minimum absolute atomic E-state index is 0.292. The number of nitrogens with zero attached hydrogens (tertiary/aromatic N) is 3. The lowest BCUT2D eigenvalue weighted by Gasteiger charge is -2.19. The summed E-state index contributed by atoms with van der Waals surface area (Å²) >= 11 is 0. The van der Waals surface area contributed by atoms with E-state index in [-0.39, 0.29) is 0 Å². The van der Waals surface area contributed by atoms with E-state index in [9.17, 15) is 13.2 Å². The van der Waals surface area contributed by atoms with Crippen LogP contribution in [0.25, 0.3) is 0 Å². The third-order valence-corrected chi connectivity index (χ3v) is 7.13. The van der Waals surface area contributed by atoms with E-state index in [0.717, 1.165) is 19.4 Å². The van der Waals surface area contributed by atoms with Crippen LogP contribution < -0.4 is 9.88 Å². The average Bonchev–Trinajstić information content (AvgIpc) is 3.11. The largest absolute Gasteiger partial charge is 0.444 e. The minimum Gasteiger partial charge on any atom is -0.444 e. The number of aryl methyl sites for hydroxylation is 1. The third kappa shape index (κ3) is 11.9. The average molecular weight is 488 g/mol. The van der Waals surface area contributed by atoms with E-state index in [1.165, 1.54) is 73.7 Å². The first kappa shape index (κ1) is 29.4. The topological polar surface area (TPSA) is 84.5 Å². The first-order valence-electron chi connectivity index (χ1n) is 12.5. The highest BCUT2D eigenvalue weighted by Crippen LogP contribution is 2.11. The fraction of sp³-hybridized carbons (Fsp3) is 0.833. The Morgan fingerprint density at radius 2 is 1.58 bits per heavy atom. The van der Waals surface area contributed by atoms with E-state index in [1.807, 2.05) is 10.8 Å². The molecule has 192 valence electrons. The first-order chi connectivity index (χ1) is 15.5. The summed E-state index contributed by atoms with van der Waals surface area (Å²) in [5.74, 6) is 0. The molecule has 1 aromatic rings. The third-order valence-electron chi connectivity index (χ3n) is 5.38. The van der Waals surface area contributed by atoms with Crippen LogP contribution in [0.5, 0.6) is 0 Å². The highest BCUT2D eigenvalue weighted by molar-refractivity contribution is 7.87. The fourth-order valence-corrected chi connectivity index (χ4v) is 4.59. The van der Waals surface area contributed by atoms with Crippen LogP contribution in [0.15, 0.2) is 12.5 Å². The SMILES string of the molecule is CCCCCCCCCCCC[n+]1cc(CCNC(=O)OC(C)(C)C)n(S(=O)(=O)N(C)C)c1. The van der Waals surface area contributed by atoms with Crippen molar-refractivity contribution >= 4 is 16.3 Å². The molecule has 0 atom stereocenters. The molecule has 0 saturated carbocycles. The van der Waals surface area contributed by atoms with Gasteiger partial charge in [0, 0.05) is 27.1 Å². The van der Waals surface area contributed by atoms with Crippen LogP contribution in [0, 0.1) is 0 Å². The van der Waals surface area contributed by atoms with Gasteiger partial charge in [-0.2, -0.15) is 12.7 Å². The van der Waals surface area contributed by atoms with Crippen molar-refractivity contribution in [2.45, 2.75) is 110 Å². The lowest BCUT2D eigenvalue weighted by Crippen LogP contribution is -2.34. The molecule has 0 fully saturated rings. The Morgan fingerprint density at radius 3 is 2.09 bits per heavy atom. The Labute approximate surface area is 201 Å². The molecule has 0 unspecified atom stereocenters. The lowest BCUT2D eigenvalue weighted by atomic mass is 10.1. The summed E-state index contributed by atoms with van der Waals surface area (Å²) in [6, 6.07) is 0. The van der Waals surface area contributed by atoms with Gasteiger partial charge in [-0.25, -0.2) is 9.36 Å². The molecule has 0 aliphatic heterocycles. The van der Waals surface area contributed by atoms with Gasteiger partial charge in [-0.05, 0) is 33.6 Å². The molecule has 0 aromatic carbocycles. The van der Waals surface area contributed by atoms with Crippen LogP contribution in [-0.2, 0) is 27.9 Å². The summed E-state index contributed by atoms with van der Waals surface area (Å²) < 4.78 is 35.2. The van der Waals surface area contributed by atoms with Gasteiger partial charge in [-0.3, -0.25) is 0 Å². The van der Waals surface area contributed by atoms with Crippen molar-refractivity contribution in [3.05, 3.63) is 18.2 Å².